The highest BCUT2D eigenvalue weighted by Gasteiger charge is 2.14. The van der Waals surface area contributed by atoms with Crippen molar-refractivity contribution in [3.05, 3.63) is 64.2 Å². The first-order valence-corrected chi connectivity index (χ1v) is 7.51. The first kappa shape index (κ1) is 17.9. The molecular formula is C17H17N3O5. The van der Waals surface area contributed by atoms with Gasteiger partial charge in [0.25, 0.3) is 5.91 Å². The largest absolute Gasteiger partial charge is 0.493 e. The van der Waals surface area contributed by atoms with E-state index < -0.39 is 17.4 Å². The van der Waals surface area contributed by atoms with Crippen molar-refractivity contribution in [1.29, 1.82) is 0 Å². The summed E-state index contributed by atoms with van der Waals surface area (Å²) in [7, 11) is 0. The van der Waals surface area contributed by atoms with E-state index in [4.69, 9.17) is 9.47 Å². The van der Waals surface area contributed by atoms with Crippen molar-refractivity contribution in [3.63, 3.8) is 0 Å². The number of para-hydroxylation sites is 3. The maximum absolute atomic E-state index is 11.7. The Bertz CT molecular complexity index is 776. The van der Waals surface area contributed by atoms with Crippen molar-refractivity contribution < 1.29 is 19.2 Å². The number of carbonyl (C=O) groups excluding carboxylic acids is 1. The first-order chi connectivity index (χ1) is 12.1. The minimum atomic E-state index is -0.573. The fourth-order valence-electron chi connectivity index (χ4n) is 1.95. The van der Waals surface area contributed by atoms with Crippen LogP contribution in [0.3, 0.4) is 0 Å². The monoisotopic (exact) mass is 343 g/mol. The second-order valence-electron chi connectivity index (χ2n) is 4.78. The molecule has 0 aliphatic rings. The van der Waals surface area contributed by atoms with Gasteiger partial charge in [0.05, 0.1) is 17.7 Å². The minimum Gasteiger partial charge on any atom is -0.493 e. The molecule has 0 aliphatic heterocycles. The summed E-state index contributed by atoms with van der Waals surface area (Å²) < 4.78 is 10.6. The van der Waals surface area contributed by atoms with Crippen molar-refractivity contribution in [3.8, 4) is 11.5 Å². The minimum absolute atomic E-state index is 0.0216. The molecule has 1 amide bonds. The van der Waals surface area contributed by atoms with E-state index in [1.165, 1.54) is 24.4 Å². The summed E-state index contributed by atoms with van der Waals surface area (Å²) >= 11 is 0. The first-order valence-electron chi connectivity index (χ1n) is 7.51. The van der Waals surface area contributed by atoms with Gasteiger partial charge in [-0.15, -0.1) is 0 Å². The summed E-state index contributed by atoms with van der Waals surface area (Å²) in [6.07, 6.45) is 1.45. The Morgan fingerprint density at radius 1 is 1.16 bits per heavy atom. The van der Waals surface area contributed by atoms with Crippen LogP contribution in [0.4, 0.5) is 5.69 Å². The molecule has 1 N–H and O–H groups in total. The number of nitro benzene ring substituents is 1. The van der Waals surface area contributed by atoms with Crippen molar-refractivity contribution in [2.75, 3.05) is 13.2 Å². The fraction of sp³-hybridized carbons (Fsp3) is 0.176. The lowest BCUT2D eigenvalue weighted by molar-refractivity contribution is -0.385. The number of amides is 1. The zero-order valence-electron chi connectivity index (χ0n) is 13.5. The van der Waals surface area contributed by atoms with Crippen LogP contribution in [0.1, 0.15) is 12.5 Å². The molecule has 130 valence electrons. The molecule has 0 heterocycles. The van der Waals surface area contributed by atoms with Gasteiger partial charge in [-0.3, -0.25) is 14.9 Å². The summed E-state index contributed by atoms with van der Waals surface area (Å²) in [6.45, 7) is 1.99. The lowest BCUT2D eigenvalue weighted by Gasteiger charge is -2.06. The van der Waals surface area contributed by atoms with Gasteiger partial charge in [0.1, 0.15) is 5.75 Å². The quantitative estimate of drug-likeness (QED) is 0.451. The smallest absolute Gasteiger partial charge is 0.310 e. The molecule has 0 radical (unpaired) electrons. The fourth-order valence-corrected chi connectivity index (χ4v) is 1.95. The molecule has 0 fully saturated rings. The Morgan fingerprint density at radius 2 is 1.84 bits per heavy atom. The van der Waals surface area contributed by atoms with E-state index in [1.54, 1.807) is 18.2 Å². The molecule has 8 nitrogen and oxygen atoms in total. The van der Waals surface area contributed by atoms with Gasteiger partial charge in [-0.2, -0.15) is 5.10 Å². The number of nitro groups is 1. The van der Waals surface area contributed by atoms with E-state index in [0.717, 1.165) is 0 Å². The van der Waals surface area contributed by atoms with Gasteiger partial charge >= 0.3 is 5.69 Å². The van der Waals surface area contributed by atoms with Gasteiger partial charge in [-0.05, 0) is 25.1 Å². The van der Waals surface area contributed by atoms with Crippen molar-refractivity contribution >= 4 is 17.8 Å². The lowest BCUT2D eigenvalue weighted by Crippen LogP contribution is -2.24. The number of rotatable bonds is 8. The molecule has 0 unspecified atom stereocenters. The van der Waals surface area contributed by atoms with E-state index in [1.807, 2.05) is 19.1 Å². The normalized spacial score (nSPS) is 10.4. The average Bonchev–Trinajstić information content (AvgIpc) is 2.62. The van der Waals surface area contributed by atoms with Gasteiger partial charge in [0, 0.05) is 11.6 Å². The van der Waals surface area contributed by atoms with Crippen molar-refractivity contribution in [1.82, 2.24) is 5.43 Å². The molecule has 0 aliphatic carbocycles. The predicted octanol–water partition coefficient (Wildman–Crippen LogP) is 2.52. The molecule has 2 aromatic carbocycles. The number of ether oxygens (including phenoxy) is 2. The van der Waals surface area contributed by atoms with Gasteiger partial charge < -0.3 is 9.47 Å². The van der Waals surface area contributed by atoms with Gasteiger partial charge in [0.15, 0.2) is 12.4 Å². The Kier molecular flexibility index (Phi) is 6.47. The van der Waals surface area contributed by atoms with Gasteiger partial charge in [-0.1, -0.05) is 24.3 Å². The molecular weight excluding hydrogens is 326 g/mol. The molecule has 0 spiro atoms. The van der Waals surface area contributed by atoms with E-state index in [2.05, 4.69) is 10.5 Å². The van der Waals surface area contributed by atoms with Crippen LogP contribution < -0.4 is 14.9 Å². The summed E-state index contributed by atoms with van der Waals surface area (Å²) in [5.41, 5.74) is 2.81. The van der Waals surface area contributed by atoms with Crippen LogP contribution in [0, 0.1) is 10.1 Å². The molecule has 0 bridgehead atoms. The second kappa shape index (κ2) is 9.02. The Balaban J connectivity index is 1.90. The number of nitrogens with one attached hydrogen (secondary N) is 1. The van der Waals surface area contributed by atoms with Crippen LogP contribution >= 0.6 is 0 Å². The van der Waals surface area contributed by atoms with Crippen LogP contribution in [0.2, 0.25) is 0 Å². The van der Waals surface area contributed by atoms with E-state index in [9.17, 15) is 14.9 Å². The molecule has 8 heteroatoms. The Hall–Kier alpha value is -3.42. The van der Waals surface area contributed by atoms with E-state index >= 15 is 0 Å². The second-order valence-corrected chi connectivity index (χ2v) is 4.78. The highest BCUT2D eigenvalue weighted by molar-refractivity contribution is 5.85. The van der Waals surface area contributed by atoms with Crippen LogP contribution in [-0.4, -0.2) is 30.3 Å². The average molecular weight is 343 g/mol. The van der Waals surface area contributed by atoms with Gasteiger partial charge in [-0.25, -0.2) is 5.43 Å². The molecule has 25 heavy (non-hydrogen) atoms. The molecule has 0 aromatic heterocycles. The number of hydrazone groups is 1. The van der Waals surface area contributed by atoms with E-state index in [0.29, 0.717) is 17.9 Å². The summed E-state index contributed by atoms with van der Waals surface area (Å²) in [5.74, 6) is 0.135. The summed E-state index contributed by atoms with van der Waals surface area (Å²) in [5, 5.41) is 14.7. The van der Waals surface area contributed by atoms with Crippen LogP contribution in [-0.2, 0) is 4.79 Å². The third-order valence-electron chi connectivity index (χ3n) is 3.03. The third kappa shape index (κ3) is 5.31. The maximum Gasteiger partial charge on any atom is 0.310 e. The molecule has 0 saturated carbocycles. The number of hydrogen-bond acceptors (Lipinski definition) is 6. The Labute approximate surface area is 144 Å². The topological polar surface area (TPSA) is 103 Å². The number of nitrogens with zero attached hydrogens (tertiary/aromatic N) is 2. The van der Waals surface area contributed by atoms with Crippen LogP contribution in [0.15, 0.2) is 53.6 Å². The summed E-state index contributed by atoms with van der Waals surface area (Å²) in [4.78, 5) is 22.0. The zero-order chi connectivity index (χ0) is 18.1. The lowest BCUT2D eigenvalue weighted by atomic mass is 10.2. The summed E-state index contributed by atoms with van der Waals surface area (Å²) in [6, 6.07) is 13.1. The number of carbonyl (C=O) groups is 1. The SMILES string of the molecule is CCOc1ccccc1C=NNC(=O)COc1ccccc1[N+](=O)[O-]. The Morgan fingerprint density at radius 3 is 2.56 bits per heavy atom. The molecule has 0 saturated heterocycles. The molecule has 2 rings (SSSR count). The van der Waals surface area contributed by atoms with Crippen molar-refractivity contribution in [2.45, 2.75) is 6.92 Å². The molecule has 2 aromatic rings. The predicted molar refractivity (Wildman–Crippen MR) is 91.9 cm³/mol. The highest BCUT2D eigenvalue weighted by atomic mass is 16.6. The maximum atomic E-state index is 11.7. The highest BCUT2D eigenvalue weighted by Crippen LogP contribution is 2.25. The zero-order valence-corrected chi connectivity index (χ0v) is 13.5. The van der Waals surface area contributed by atoms with Gasteiger partial charge in [0.2, 0.25) is 0 Å². The third-order valence-corrected chi connectivity index (χ3v) is 3.03. The number of benzene rings is 2. The van der Waals surface area contributed by atoms with Crippen molar-refractivity contribution in [2.24, 2.45) is 5.10 Å². The number of hydrogen-bond donors (Lipinski definition) is 1. The standard InChI is InChI=1S/C17H17N3O5/c1-2-24-15-9-5-3-7-13(15)11-18-19-17(21)12-25-16-10-6-4-8-14(16)20(22)23/h3-11H,2,12H2,1H3,(H,19,21). The van der Waals surface area contributed by atoms with Crippen LogP contribution in [0.25, 0.3) is 0 Å². The molecule has 0 atom stereocenters. The van der Waals surface area contributed by atoms with Crippen LogP contribution in [0.5, 0.6) is 11.5 Å². The van der Waals surface area contributed by atoms with E-state index in [-0.39, 0.29) is 11.4 Å².